The lowest BCUT2D eigenvalue weighted by Gasteiger charge is -2.17. The van der Waals surface area contributed by atoms with Crippen molar-refractivity contribution < 1.29 is 0 Å². The molecule has 1 nitrogen and oxygen atoms in total. The van der Waals surface area contributed by atoms with E-state index < -0.39 is 0 Å². The van der Waals surface area contributed by atoms with Crippen molar-refractivity contribution in [3.05, 3.63) is 37.1 Å². The van der Waals surface area contributed by atoms with Crippen molar-refractivity contribution in [1.82, 2.24) is 0 Å². The highest BCUT2D eigenvalue weighted by molar-refractivity contribution is 5.79. The van der Waals surface area contributed by atoms with Gasteiger partial charge in [-0.15, -0.1) is 0 Å². The third kappa shape index (κ3) is 12.6. The molecular formula is C21H37N. The van der Waals surface area contributed by atoms with Crippen LogP contribution in [0.5, 0.6) is 0 Å². The number of allylic oxidation sites excluding steroid dienone is 3. The Morgan fingerprint density at radius 2 is 1.50 bits per heavy atom. The van der Waals surface area contributed by atoms with Crippen molar-refractivity contribution in [2.75, 3.05) is 0 Å². The van der Waals surface area contributed by atoms with Crippen LogP contribution in [-0.2, 0) is 0 Å². The van der Waals surface area contributed by atoms with Crippen LogP contribution in [0.4, 0.5) is 0 Å². The SMILES string of the molecule is C=C/C=C(\C=N/C=C)CC(CCCCCC)CCCCCC. The summed E-state index contributed by atoms with van der Waals surface area (Å²) in [5, 5.41) is 0. The maximum Gasteiger partial charge on any atom is 0.0299 e. The van der Waals surface area contributed by atoms with Crippen LogP contribution in [0, 0.1) is 5.92 Å². The predicted octanol–water partition coefficient (Wildman–Crippen LogP) is 7.26. The first-order valence-corrected chi connectivity index (χ1v) is 9.24. The van der Waals surface area contributed by atoms with Gasteiger partial charge in [0.15, 0.2) is 0 Å². The maximum absolute atomic E-state index is 4.19. The minimum absolute atomic E-state index is 0.788. The summed E-state index contributed by atoms with van der Waals surface area (Å²) in [5.74, 6) is 0.788. The Hall–Kier alpha value is -1.11. The lowest BCUT2D eigenvalue weighted by molar-refractivity contribution is 0.406. The minimum atomic E-state index is 0.788. The number of hydrogen-bond acceptors (Lipinski definition) is 1. The Labute approximate surface area is 139 Å². The number of rotatable bonds is 15. The highest BCUT2D eigenvalue weighted by Gasteiger charge is 2.10. The van der Waals surface area contributed by atoms with Crippen LogP contribution >= 0.6 is 0 Å². The largest absolute Gasteiger partial charge is 0.265 e. The summed E-state index contributed by atoms with van der Waals surface area (Å²) < 4.78 is 0. The summed E-state index contributed by atoms with van der Waals surface area (Å²) in [6.07, 6.45) is 22.2. The minimum Gasteiger partial charge on any atom is -0.265 e. The van der Waals surface area contributed by atoms with E-state index in [1.165, 1.54) is 69.8 Å². The summed E-state index contributed by atoms with van der Waals surface area (Å²) in [6, 6.07) is 0. The van der Waals surface area contributed by atoms with E-state index >= 15 is 0 Å². The molecule has 0 amide bonds. The van der Waals surface area contributed by atoms with Gasteiger partial charge in [-0.05, 0) is 17.9 Å². The van der Waals surface area contributed by atoms with Crippen LogP contribution in [0.3, 0.4) is 0 Å². The number of hydrogen-bond donors (Lipinski definition) is 0. The molecule has 0 heterocycles. The van der Waals surface area contributed by atoms with Gasteiger partial charge in [0.05, 0.1) is 0 Å². The van der Waals surface area contributed by atoms with Crippen molar-refractivity contribution in [3.8, 4) is 0 Å². The monoisotopic (exact) mass is 303 g/mol. The summed E-state index contributed by atoms with van der Waals surface area (Å²) in [6.45, 7) is 12.0. The lowest BCUT2D eigenvalue weighted by atomic mass is 9.89. The fourth-order valence-electron chi connectivity index (χ4n) is 2.86. The molecule has 0 atom stereocenters. The molecule has 0 rings (SSSR count). The first-order valence-electron chi connectivity index (χ1n) is 9.24. The zero-order chi connectivity index (χ0) is 16.5. The molecule has 0 spiro atoms. The molecule has 0 aromatic rings. The Bertz CT molecular complexity index is 313. The predicted molar refractivity (Wildman–Crippen MR) is 103 cm³/mol. The zero-order valence-corrected chi connectivity index (χ0v) is 15.0. The smallest absolute Gasteiger partial charge is 0.0299 e. The van der Waals surface area contributed by atoms with Gasteiger partial charge in [0, 0.05) is 12.4 Å². The van der Waals surface area contributed by atoms with Gasteiger partial charge in [0.2, 0.25) is 0 Å². The highest BCUT2D eigenvalue weighted by Crippen LogP contribution is 2.24. The Morgan fingerprint density at radius 1 is 0.909 bits per heavy atom. The molecule has 0 aromatic heterocycles. The average Bonchev–Trinajstić information content (AvgIpc) is 2.53. The van der Waals surface area contributed by atoms with E-state index in [1.807, 2.05) is 12.3 Å². The molecule has 0 aliphatic rings. The molecule has 0 N–H and O–H groups in total. The second kappa shape index (κ2) is 16.3. The van der Waals surface area contributed by atoms with Crippen molar-refractivity contribution in [2.45, 2.75) is 84.5 Å². The van der Waals surface area contributed by atoms with Crippen molar-refractivity contribution >= 4 is 6.21 Å². The van der Waals surface area contributed by atoms with Gasteiger partial charge in [-0.3, -0.25) is 4.99 Å². The highest BCUT2D eigenvalue weighted by atomic mass is 14.7. The lowest BCUT2D eigenvalue weighted by Crippen LogP contribution is -2.04. The summed E-state index contributed by atoms with van der Waals surface area (Å²) in [5.41, 5.74) is 1.28. The zero-order valence-electron chi connectivity index (χ0n) is 15.0. The van der Waals surface area contributed by atoms with Crippen LogP contribution < -0.4 is 0 Å². The Kier molecular flexibility index (Phi) is 15.4. The first kappa shape index (κ1) is 20.9. The molecule has 126 valence electrons. The van der Waals surface area contributed by atoms with Crippen LogP contribution in [-0.4, -0.2) is 6.21 Å². The molecule has 0 bridgehead atoms. The van der Waals surface area contributed by atoms with Gasteiger partial charge >= 0.3 is 0 Å². The van der Waals surface area contributed by atoms with E-state index in [4.69, 9.17) is 0 Å². The van der Waals surface area contributed by atoms with Gasteiger partial charge in [0.25, 0.3) is 0 Å². The van der Waals surface area contributed by atoms with E-state index in [0.717, 1.165) is 12.3 Å². The normalized spacial score (nSPS) is 12.2. The van der Waals surface area contributed by atoms with E-state index in [1.54, 1.807) is 6.20 Å². The second-order valence-corrected chi connectivity index (χ2v) is 6.21. The van der Waals surface area contributed by atoms with E-state index in [0.29, 0.717) is 0 Å². The summed E-state index contributed by atoms with van der Waals surface area (Å²) in [7, 11) is 0. The van der Waals surface area contributed by atoms with Gasteiger partial charge < -0.3 is 0 Å². The summed E-state index contributed by atoms with van der Waals surface area (Å²) in [4.78, 5) is 4.19. The standard InChI is InChI=1S/C21H37N/c1-5-9-11-13-16-20(17-14-12-10-6-2)18-21(15-7-3)19-22-8-4/h7-8,15,19-20H,3-6,9-14,16-18H2,1-2H3/b21-15-,22-19-. The molecule has 0 saturated heterocycles. The fraction of sp³-hybridized carbons (Fsp3) is 0.667. The van der Waals surface area contributed by atoms with E-state index in [9.17, 15) is 0 Å². The van der Waals surface area contributed by atoms with Crippen molar-refractivity contribution in [1.29, 1.82) is 0 Å². The summed E-state index contributed by atoms with van der Waals surface area (Å²) >= 11 is 0. The molecule has 0 radical (unpaired) electrons. The van der Waals surface area contributed by atoms with Crippen LogP contribution in [0.2, 0.25) is 0 Å². The van der Waals surface area contributed by atoms with Gasteiger partial charge in [-0.2, -0.15) is 0 Å². The number of nitrogens with zero attached hydrogens (tertiary/aromatic N) is 1. The molecule has 0 unspecified atom stereocenters. The van der Waals surface area contributed by atoms with Crippen LogP contribution in [0.1, 0.15) is 84.5 Å². The molecule has 0 aliphatic heterocycles. The van der Waals surface area contributed by atoms with Gasteiger partial charge in [-0.1, -0.05) is 103 Å². The number of unbranched alkanes of at least 4 members (excludes halogenated alkanes) is 6. The molecule has 0 aliphatic carbocycles. The Balaban J connectivity index is 4.44. The van der Waals surface area contributed by atoms with E-state index in [-0.39, 0.29) is 0 Å². The average molecular weight is 304 g/mol. The first-order chi connectivity index (χ1) is 10.8. The molecule has 0 aromatic carbocycles. The van der Waals surface area contributed by atoms with Crippen LogP contribution in [0.25, 0.3) is 0 Å². The topological polar surface area (TPSA) is 12.4 Å². The third-order valence-electron chi connectivity index (χ3n) is 4.13. The van der Waals surface area contributed by atoms with Gasteiger partial charge in [-0.25, -0.2) is 0 Å². The molecule has 1 heteroatoms. The van der Waals surface area contributed by atoms with E-state index in [2.05, 4.69) is 38.1 Å². The fourth-order valence-corrected chi connectivity index (χ4v) is 2.86. The van der Waals surface area contributed by atoms with Crippen molar-refractivity contribution in [3.63, 3.8) is 0 Å². The maximum atomic E-state index is 4.19. The second-order valence-electron chi connectivity index (χ2n) is 6.21. The quantitative estimate of drug-likeness (QED) is 0.171. The third-order valence-corrected chi connectivity index (χ3v) is 4.13. The van der Waals surface area contributed by atoms with Crippen molar-refractivity contribution in [2.24, 2.45) is 10.9 Å². The molecular weight excluding hydrogens is 266 g/mol. The Morgan fingerprint density at radius 3 is 1.95 bits per heavy atom. The van der Waals surface area contributed by atoms with Crippen LogP contribution in [0.15, 0.2) is 42.1 Å². The van der Waals surface area contributed by atoms with Gasteiger partial charge in [0.1, 0.15) is 0 Å². The molecule has 0 fully saturated rings. The molecule has 0 saturated carbocycles. The number of aliphatic imine (C=N–C) groups is 1. The molecule has 22 heavy (non-hydrogen) atoms.